The van der Waals surface area contributed by atoms with Crippen LogP contribution in [0.25, 0.3) is 0 Å². The molecule has 0 fully saturated rings. The molecule has 6 heteroatoms. The number of ether oxygens (including phenoxy) is 1. The molecule has 5 N–H and O–H groups in total. The second-order valence-electron chi connectivity index (χ2n) is 3.68. The van der Waals surface area contributed by atoms with E-state index < -0.39 is 5.91 Å². The molecule has 0 aromatic heterocycles. The van der Waals surface area contributed by atoms with Crippen molar-refractivity contribution < 1.29 is 14.6 Å². The Morgan fingerprint density at radius 1 is 1.42 bits per heavy atom. The molecular formula is C13H17N3O3. The minimum absolute atomic E-state index is 0.0654. The monoisotopic (exact) mass is 263 g/mol. The lowest BCUT2D eigenvalue weighted by Gasteiger charge is -2.14. The van der Waals surface area contributed by atoms with Crippen LogP contribution in [-0.4, -0.2) is 30.4 Å². The Morgan fingerprint density at radius 2 is 2.11 bits per heavy atom. The maximum atomic E-state index is 11.2. The SMILES string of the molecule is N=C/C(C(N)=O)=C(\NCCO)OCc1ccccc1. The number of rotatable bonds is 8. The summed E-state index contributed by atoms with van der Waals surface area (Å²) in [6, 6.07) is 9.37. The number of aliphatic hydroxyl groups is 1. The Morgan fingerprint density at radius 3 is 2.63 bits per heavy atom. The normalized spacial score (nSPS) is 11.4. The van der Waals surface area contributed by atoms with Crippen LogP contribution in [0.3, 0.4) is 0 Å². The number of hydrogen-bond donors (Lipinski definition) is 4. The Balaban J connectivity index is 2.80. The molecule has 0 bridgehead atoms. The van der Waals surface area contributed by atoms with Gasteiger partial charge in [-0.15, -0.1) is 0 Å². The van der Waals surface area contributed by atoms with Gasteiger partial charge in [0.25, 0.3) is 5.91 Å². The Bertz CT molecular complexity index is 457. The molecule has 0 unspecified atom stereocenters. The van der Waals surface area contributed by atoms with Crippen molar-refractivity contribution in [2.24, 2.45) is 5.73 Å². The summed E-state index contributed by atoms with van der Waals surface area (Å²) < 4.78 is 5.45. The lowest BCUT2D eigenvalue weighted by molar-refractivity contribution is -0.114. The quantitative estimate of drug-likeness (QED) is 0.304. The van der Waals surface area contributed by atoms with Crippen molar-refractivity contribution >= 4 is 12.1 Å². The zero-order valence-electron chi connectivity index (χ0n) is 10.4. The maximum Gasteiger partial charge on any atom is 0.255 e. The van der Waals surface area contributed by atoms with E-state index in [9.17, 15) is 4.79 Å². The van der Waals surface area contributed by atoms with Gasteiger partial charge in [0.2, 0.25) is 5.88 Å². The minimum Gasteiger partial charge on any atom is -0.474 e. The van der Waals surface area contributed by atoms with Gasteiger partial charge >= 0.3 is 0 Å². The molecule has 1 amide bonds. The van der Waals surface area contributed by atoms with Crippen LogP contribution < -0.4 is 11.1 Å². The second-order valence-corrected chi connectivity index (χ2v) is 3.68. The summed E-state index contributed by atoms with van der Waals surface area (Å²) in [5, 5.41) is 18.7. The van der Waals surface area contributed by atoms with Gasteiger partial charge in [-0.2, -0.15) is 0 Å². The van der Waals surface area contributed by atoms with E-state index in [0.29, 0.717) is 0 Å². The molecule has 0 aliphatic rings. The van der Waals surface area contributed by atoms with E-state index in [1.165, 1.54) is 0 Å². The number of amides is 1. The topological polar surface area (TPSA) is 108 Å². The molecule has 0 spiro atoms. The summed E-state index contributed by atoms with van der Waals surface area (Å²) in [6.07, 6.45) is 0.826. The lowest BCUT2D eigenvalue weighted by Crippen LogP contribution is -2.27. The molecule has 0 radical (unpaired) electrons. The number of hydrogen-bond acceptors (Lipinski definition) is 5. The molecule has 1 aromatic rings. The average molecular weight is 263 g/mol. The van der Waals surface area contributed by atoms with Gasteiger partial charge in [-0.1, -0.05) is 30.3 Å². The van der Waals surface area contributed by atoms with E-state index in [1.54, 1.807) is 0 Å². The van der Waals surface area contributed by atoms with Crippen LogP contribution in [0.2, 0.25) is 0 Å². The minimum atomic E-state index is -0.761. The van der Waals surface area contributed by atoms with Crippen LogP contribution in [0.4, 0.5) is 0 Å². The highest BCUT2D eigenvalue weighted by molar-refractivity contribution is 6.10. The van der Waals surface area contributed by atoms with E-state index in [4.69, 9.17) is 21.0 Å². The Hall–Kier alpha value is -2.34. The van der Waals surface area contributed by atoms with Crippen molar-refractivity contribution in [3.8, 4) is 0 Å². The molecule has 19 heavy (non-hydrogen) atoms. The van der Waals surface area contributed by atoms with Gasteiger partial charge in [-0.05, 0) is 5.56 Å². The number of nitrogens with one attached hydrogen (secondary N) is 2. The van der Waals surface area contributed by atoms with E-state index in [0.717, 1.165) is 11.8 Å². The fourth-order valence-corrected chi connectivity index (χ4v) is 1.37. The first-order valence-corrected chi connectivity index (χ1v) is 5.75. The number of primary amides is 1. The van der Waals surface area contributed by atoms with Crippen LogP contribution in [-0.2, 0) is 16.1 Å². The summed E-state index contributed by atoms with van der Waals surface area (Å²) in [7, 11) is 0. The van der Waals surface area contributed by atoms with Crippen LogP contribution in [0.5, 0.6) is 0 Å². The van der Waals surface area contributed by atoms with Gasteiger partial charge in [-0.3, -0.25) is 4.79 Å². The molecule has 1 aromatic carbocycles. The van der Waals surface area contributed by atoms with Crippen molar-refractivity contribution in [3.63, 3.8) is 0 Å². The highest BCUT2D eigenvalue weighted by Gasteiger charge is 2.11. The number of carbonyl (C=O) groups excluding carboxylic acids is 1. The fraction of sp³-hybridized carbons (Fsp3) is 0.231. The van der Waals surface area contributed by atoms with Crippen LogP contribution >= 0.6 is 0 Å². The van der Waals surface area contributed by atoms with Crippen molar-refractivity contribution in [2.45, 2.75) is 6.61 Å². The molecule has 0 saturated carbocycles. The molecule has 102 valence electrons. The first-order valence-electron chi connectivity index (χ1n) is 5.75. The molecule has 6 nitrogen and oxygen atoms in total. The summed E-state index contributed by atoms with van der Waals surface area (Å²) in [4.78, 5) is 11.2. The summed E-state index contributed by atoms with van der Waals surface area (Å²) in [6.45, 7) is 0.316. The van der Waals surface area contributed by atoms with Gasteiger partial charge in [0.05, 0.1) is 6.61 Å². The standard InChI is InChI=1S/C13H17N3O3/c14-8-11(12(15)18)13(16-6-7-17)19-9-10-4-2-1-3-5-10/h1-5,8,14,16-17H,6-7,9H2,(H2,15,18)/b13-11-,14-8?. The average Bonchev–Trinajstić information content (AvgIpc) is 2.42. The lowest BCUT2D eigenvalue weighted by atomic mass is 10.2. The highest BCUT2D eigenvalue weighted by atomic mass is 16.5. The number of benzene rings is 1. The molecule has 0 atom stereocenters. The van der Waals surface area contributed by atoms with Gasteiger partial charge < -0.3 is 26.3 Å². The Kier molecular flexibility index (Phi) is 6.11. The molecule has 0 aliphatic carbocycles. The van der Waals surface area contributed by atoms with Gasteiger partial charge in [0.1, 0.15) is 12.2 Å². The Labute approximate surface area is 111 Å². The van der Waals surface area contributed by atoms with Crippen molar-refractivity contribution in [1.82, 2.24) is 5.32 Å². The number of carbonyl (C=O) groups is 1. The number of nitrogens with two attached hydrogens (primary N) is 1. The maximum absolute atomic E-state index is 11.2. The predicted molar refractivity (Wildman–Crippen MR) is 71.3 cm³/mol. The van der Waals surface area contributed by atoms with Gasteiger partial charge in [-0.25, -0.2) is 0 Å². The third kappa shape index (κ3) is 4.81. The summed E-state index contributed by atoms with van der Waals surface area (Å²) in [5.74, 6) is -0.663. The van der Waals surface area contributed by atoms with Gasteiger partial charge in [0, 0.05) is 12.8 Å². The number of aliphatic hydroxyl groups excluding tert-OH is 1. The van der Waals surface area contributed by atoms with Crippen molar-refractivity contribution in [2.75, 3.05) is 13.2 Å². The predicted octanol–water partition coefficient (Wildman–Crippen LogP) is 0.132. The fourth-order valence-electron chi connectivity index (χ4n) is 1.37. The first kappa shape index (κ1) is 14.7. The smallest absolute Gasteiger partial charge is 0.255 e. The first-order chi connectivity index (χ1) is 9.19. The van der Waals surface area contributed by atoms with Crippen molar-refractivity contribution in [3.05, 3.63) is 47.4 Å². The van der Waals surface area contributed by atoms with Crippen LogP contribution in [0.1, 0.15) is 5.56 Å². The largest absolute Gasteiger partial charge is 0.474 e. The molecule has 1 rings (SSSR count). The molecular weight excluding hydrogens is 246 g/mol. The third-order valence-corrected chi connectivity index (χ3v) is 2.28. The van der Waals surface area contributed by atoms with Crippen LogP contribution in [0.15, 0.2) is 41.8 Å². The van der Waals surface area contributed by atoms with Crippen LogP contribution in [0, 0.1) is 5.41 Å². The molecule has 0 heterocycles. The summed E-state index contributed by atoms with van der Waals surface area (Å²) >= 11 is 0. The van der Waals surface area contributed by atoms with E-state index >= 15 is 0 Å². The van der Waals surface area contributed by atoms with Crippen molar-refractivity contribution in [1.29, 1.82) is 5.41 Å². The highest BCUT2D eigenvalue weighted by Crippen LogP contribution is 2.07. The van der Waals surface area contributed by atoms with E-state index in [2.05, 4.69) is 5.32 Å². The van der Waals surface area contributed by atoms with Gasteiger partial charge in [0.15, 0.2) is 0 Å². The third-order valence-electron chi connectivity index (χ3n) is 2.28. The second kappa shape index (κ2) is 7.88. The van der Waals surface area contributed by atoms with E-state index in [1.807, 2.05) is 30.3 Å². The van der Waals surface area contributed by atoms with E-state index in [-0.39, 0.29) is 31.2 Å². The zero-order chi connectivity index (χ0) is 14.1. The zero-order valence-corrected chi connectivity index (χ0v) is 10.4. The summed E-state index contributed by atoms with van der Waals surface area (Å²) in [5.41, 5.74) is 6.01. The molecule has 0 aliphatic heterocycles. The molecule has 0 saturated heterocycles.